The van der Waals surface area contributed by atoms with Gasteiger partial charge in [0.25, 0.3) is 0 Å². The van der Waals surface area contributed by atoms with Gasteiger partial charge in [0.15, 0.2) is 0 Å². The molecule has 1 N–H and O–H groups in total. The van der Waals surface area contributed by atoms with E-state index in [1.54, 1.807) is 11.3 Å². The fourth-order valence-corrected chi connectivity index (χ4v) is 5.68. The van der Waals surface area contributed by atoms with Crippen molar-refractivity contribution in [2.75, 3.05) is 5.32 Å². The third-order valence-corrected chi connectivity index (χ3v) is 7.51. The summed E-state index contributed by atoms with van der Waals surface area (Å²) in [6.45, 7) is 10.3. The molecule has 3 heterocycles. The van der Waals surface area contributed by atoms with Gasteiger partial charge < -0.3 is 5.32 Å². The molecule has 3 aromatic heterocycles. The number of rotatable bonds is 6. The number of nitrogens with one attached hydrogen (secondary N) is 1. The molecular formula is C23H26N4OS2. The van der Waals surface area contributed by atoms with E-state index in [1.807, 2.05) is 20.8 Å². The Morgan fingerprint density at radius 1 is 1.13 bits per heavy atom. The van der Waals surface area contributed by atoms with Crippen LogP contribution in [-0.4, -0.2) is 25.8 Å². The number of aryl methyl sites for hydroxylation is 4. The van der Waals surface area contributed by atoms with E-state index in [-0.39, 0.29) is 11.2 Å². The van der Waals surface area contributed by atoms with E-state index in [4.69, 9.17) is 0 Å². The fraction of sp³-hybridized carbons (Fsp3) is 0.348. The summed E-state index contributed by atoms with van der Waals surface area (Å²) in [7, 11) is 0. The molecule has 0 bridgehead atoms. The second-order valence-corrected chi connectivity index (χ2v) is 9.73. The number of carbonyl (C=O) groups is 1. The number of hydrogen-bond donors (Lipinski definition) is 1. The van der Waals surface area contributed by atoms with Gasteiger partial charge in [-0.3, -0.25) is 9.20 Å². The zero-order valence-electron chi connectivity index (χ0n) is 17.9. The number of thioether (sulfide) groups is 1. The summed E-state index contributed by atoms with van der Waals surface area (Å²) in [6.07, 6.45) is 1.51. The molecule has 0 aliphatic carbocycles. The minimum atomic E-state index is -0.247. The highest BCUT2D eigenvalue weighted by Gasteiger charge is 2.23. The van der Waals surface area contributed by atoms with Gasteiger partial charge in [-0.2, -0.15) is 0 Å². The molecular weight excluding hydrogens is 412 g/mol. The van der Waals surface area contributed by atoms with E-state index in [0.717, 1.165) is 45.1 Å². The lowest BCUT2D eigenvalue weighted by atomic mass is 10.0. The van der Waals surface area contributed by atoms with E-state index in [2.05, 4.69) is 63.4 Å². The summed E-state index contributed by atoms with van der Waals surface area (Å²) < 4.78 is 3.39. The average molecular weight is 439 g/mol. The highest BCUT2D eigenvalue weighted by atomic mass is 32.2. The lowest BCUT2D eigenvalue weighted by molar-refractivity contribution is -0.115. The predicted octanol–water partition coefficient (Wildman–Crippen LogP) is 5.94. The van der Waals surface area contributed by atoms with Gasteiger partial charge in [-0.25, -0.2) is 0 Å². The molecule has 0 saturated carbocycles. The number of benzene rings is 1. The normalized spacial score (nSPS) is 12.6. The molecule has 0 fully saturated rings. The van der Waals surface area contributed by atoms with Crippen LogP contribution in [0.1, 0.15) is 42.8 Å². The molecule has 1 aromatic carbocycles. The SMILES string of the molecule is CCc1nnc(S[C@@H](CC)C(=O)Nc2c(C)cc(C)cc2C)c2cc3sccc3n12. The largest absolute Gasteiger partial charge is 0.325 e. The van der Waals surface area contributed by atoms with Gasteiger partial charge in [0.05, 0.1) is 21.0 Å². The van der Waals surface area contributed by atoms with E-state index in [0.29, 0.717) is 6.42 Å². The van der Waals surface area contributed by atoms with Crippen LogP contribution in [0.2, 0.25) is 0 Å². The first-order valence-corrected chi connectivity index (χ1v) is 12.0. The minimum Gasteiger partial charge on any atom is -0.325 e. The van der Waals surface area contributed by atoms with E-state index in [9.17, 15) is 4.79 Å². The van der Waals surface area contributed by atoms with E-state index < -0.39 is 0 Å². The maximum absolute atomic E-state index is 13.1. The summed E-state index contributed by atoms with van der Waals surface area (Å²) in [5.41, 5.74) is 6.47. The van der Waals surface area contributed by atoms with Crippen LogP contribution in [0.3, 0.4) is 0 Å². The monoisotopic (exact) mass is 438 g/mol. The maximum atomic E-state index is 13.1. The summed E-state index contributed by atoms with van der Waals surface area (Å²) in [5.74, 6) is 0.941. The van der Waals surface area contributed by atoms with Crippen molar-refractivity contribution in [1.82, 2.24) is 14.6 Å². The van der Waals surface area contributed by atoms with Crippen molar-refractivity contribution in [2.45, 2.75) is 57.7 Å². The number of anilines is 1. The first kappa shape index (κ1) is 20.9. The number of nitrogens with zero attached hydrogens (tertiary/aromatic N) is 3. The standard InChI is InChI=1S/C23H26N4OS2/c1-6-18(22(28)24-21-14(4)10-13(3)11-15(21)5)30-23-17-12-19-16(8-9-29-19)27(17)20(7-2)25-26-23/h8-12,18H,6-7H2,1-5H3,(H,24,28)/t18-/m0/s1. The fourth-order valence-electron chi connectivity index (χ4n) is 3.91. The molecule has 0 aliphatic heterocycles. The highest BCUT2D eigenvalue weighted by molar-refractivity contribution is 8.00. The minimum absolute atomic E-state index is 0.00504. The number of thiophene rings is 1. The Balaban J connectivity index is 1.66. The summed E-state index contributed by atoms with van der Waals surface area (Å²) in [6, 6.07) is 8.48. The van der Waals surface area contributed by atoms with Crippen LogP contribution in [0.5, 0.6) is 0 Å². The Hall–Kier alpha value is -2.38. The molecule has 0 aliphatic rings. The maximum Gasteiger partial charge on any atom is 0.237 e. The zero-order chi connectivity index (χ0) is 21.4. The molecule has 4 rings (SSSR count). The number of amides is 1. The Bertz CT molecular complexity index is 1220. The van der Waals surface area contributed by atoms with Crippen LogP contribution in [0.15, 0.2) is 34.7 Å². The molecule has 1 amide bonds. The van der Waals surface area contributed by atoms with Crippen LogP contribution in [-0.2, 0) is 11.2 Å². The highest BCUT2D eigenvalue weighted by Crippen LogP contribution is 2.34. The van der Waals surface area contributed by atoms with Crippen molar-refractivity contribution >= 4 is 50.4 Å². The Morgan fingerprint density at radius 2 is 1.87 bits per heavy atom. The number of hydrogen-bond acceptors (Lipinski definition) is 5. The van der Waals surface area contributed by atoms with Gasteiger partial charge in [-0.1, -0.05) is 43.3 Å². The van der Waals surface area contributed by atoms with Crippen LogP contribution >= 0.6 is 23.1 Å². The number of fused-ring (bicyclic) bond motifs is 3. The van der Waals surface area contributed by atoms with E-state index in [1.165, 1.54) is 22.0 Å². The molecule has 0 radical (unpaired) electrons. The smallest absolute Gasteiger partial charge is 0.237 e. The Labute approximate surface area is 184 Å². The molecule has 7 heteroatoms. The molecule has 4 aromatic rings. The zero-order valence-corrected chi connectivity index (χ0v) is 19.6. The molecule has 1 atom stereocenters. The molecule has 156 valence electrons. The van der Waals surface area contributed by atoms with Crippen molar-refractivity contribution in [3.05, 3.63) is 52.2 Å². The lowest BCUT2D eigenvalue weighted by Crippen LogP contribution is -2.25. The van der Waals surface area contributed by atoms with Crippen LogP contribution in [0, 0.1) is 20.8 Å². The van der Waals surface area contributed by atoms with Crippen molar-refractivity contribution in [3.8, 4) is 0 Å². The van der Waals surface area contributed by atoms with Crippen molar-refractivity contribution in [2.24, 2.45) is 0 Å². The predicted molar refractivity (Wildman–Crippen MR) is 127 cm³/mol. The van der Waals surface area contributed by atoms with Gasteiger partial charge in [0, 0.05) is 12.1 Å². The van der Waals surface area contributed by atoms with Gasteiger partial charge in [-0.05, 0) is 55.8 Å². The number of aromatic nitrogens is 3. The van der Waals surface area contributed by atoms with Gasteiger partial charge in [0.1, 0.15) is 10.9 Å². The molecule has 5 nitrogen and oxygen atoms in total. The van der Waals surface area contributed by atoms with Crippen molar-refractivity contribution in [3.63, 3.8) is 0 Å². The van der Waals surface area contributed by atoms with Gasteiger partial charge in [0.2, 0.25) is 5.91 Å². The molecule has 0 saturated heterocycles. The second kappa shape index (κ2) is 8.40. The summed E-state index contributed by atoms with van der Waals surface area (Å²) in [5, 5.41) is 14.8. The third kappa shape index (κ3) is 3.72. The molecule has 30 heavy (non-hydrogen) atoms. The molecule has 0 spiro atoms. The average Bonchev–Trinajstić information content (AvgIpc) is 3.30. The quantitative estimate of drug-likeness (QED) is 0.378. The third-order valence-electron chi connectivity index (χ3n) is 5.32. The van der Waals surface area contributed by atoms with Crippen LogP contribution in [0.25, 0.3) is 15.7 Å². The lowest BCUT2D eigenvalue weighted by Gasteiger charge is -2.18. The Kier molecular flexibility index (Phi) is 5.84. The first-order valence-electron chi connectivity index (χ1n) is 10.2. The Morgan fingerprint density at radius 3 is 2.53 bits per heavy atom. The van der Waals surface area contributed by atoms with Crippen LogP contribution < -0.4 is 5.32 Å². The summed E-state index contributed by atoms with van der Waals surface area (Å²) >= 11 is 3.21. The van der Waals surface area contributed by atoms with E-state index >= 15 is 0 Å². The number of carbonyl (C=O) groups excluding carboxylic acids is 1. The van der Waals surface area contributed by atoms with Gasteiger partial charge >= 0.3 is 0 Å². The van der Waals surface area contributed by atoms with Crippen molar-refractivity contribution < 1.29 is 4.79 Å². The second-order valence-electron chi connectivity index (χ2n) is 7.59. The van der Waals surface area contributed by atoms with Crippen molar-refractivity contribution in [1.29, 1.82) is 0 Å². The first-order chi connectivity index (χ1) is 14.4. The summed E-state index contributed by atoms with van der Waals surface area (Å²) in [4.78, 5) is 13.1. The van der Waals surface area contributed by atoms with Crippen LogP contribution in [0.4, 0.5) is 5.69 Å². The topological polar surface area (TPSA) is 59.3 Å². The van der Waals surface area contributed by atoms with Gasteiger partial charge in [-0.15, -0.1) is 21.5 Å². The molecule has 0 unspecified atom stereocenters.